The number of aromatic nitrogens is 1. The second-order valence-electron chi connectivity index (χ2n) is 6.18. The summed E-state index contributed by atoms with van der Waals surface area (Å²) >= 11 is 1.36. The van der Waals surface area contributed by atoms with E-state index in [1.807, 2.05) is 32.0 Å². The Morgan fingerprint density at radius 2 is 2.04 bits per heavy atom. The summed E-state index contributed by atoms with van der Waals surface area (Å²) in [4.78, 5) is 16.9. The van der Waals surface area contributed by atoms with Crippen LogP contribution in [0.15, 0.2) is 33.7 Å². The van der Waals surface area contributed by atoms with Crippen LogP contribution in [-0.4, -0.2) is 16.6 Å². The number of benzene rings is 1. The first-order chi connectivity index (χ1) is 12.4. The predicted molar refractivity (Wildman–Crippen MR) is 103 cm³/mol. The van der Waals surface area contributed by atoms with Crippen molar-refractivity contribution in [2.45, 2.75) is 32.7 Å². The SMILES string of the molecule is Cc1oc(NC(=O)CSc2cc(C)c3cccc(C)c3n2)c(C#N)c1C. The molecule has 2 aromatic heterocycles. The monoisotopic (exact) mass is 365 g/mol. The fourth-order valence-corrected chi connectivity index (χ4v) is 3.52. The molecule has 1 aromatic carbocycles. The number of fused-ring (bicyclic) bond motifs is 1. The fourth-order valence-electron chi connectivity index (χ4n) is 2.76. The van der Waals surface area contributed by atoms with E-state index in [-0.39, 0.29) is 17.5 Å². The largest absolute Gasteiger partial charge is 0.444 e. The van der Waals surface area contributed by atoms with Gasteiger partial charge in [0.1, 0.15) is 17.4 Å². The number of rotatable bonds is 4. The molecule has 0 saturated heterocycles. The third kappa shape index (κ3) is 3.44. The number of amides is 1. The van der Waals surface area contributed by atoms with Crippen LogP contribution in [0.4, 0.5) is 5.88 Å². The summed E-state index contributed by atoms with van der Waals surface area (Å²) in [6.07, 6.45) is 0. The van der Waals surface area contributed by atoms with E-state index in [2.05, 4.69) is 22.4 Å². The summed E-state index contributed by atoms with van der Waals surface area (Å²) in [7, 11) is 0. The normalized spacial score (nSPS) is 10.7. The summed E-state index contributed by atoms with van der Waals surface area (Å²) in [6.45, 7) is 7.64. The minimum absolute atomic E-state index is 0.188. The van der Waals surface area contributed by atoms with Crippen molar-refractivity contribution in [3.63, 3.8) is 0 Å². The lowest BCUT2D eigenvalue weighted by molar-refractivity contribution is -0.113. The van der Waals surface area contributed by atoms with E-state index < -0.39 is 0 Å². The average molecular weight is 365 g/mol. The molecule has 0 aliphatic carbocycles. The van der Waals surface area contributed by atoms with Crippen molar-refractivity contribution in [3.8, 4) is 6.07 Å². The van der Waals surface area contributed by atoms with E-state index in [1.165, 1.54) is 11.8 Å². The highest BCUT2D eigenvalue weighted by Crippen LogP contribution is 2.27. The van der Waals surface area contributed by atoms with E-state index in [9.17, 15) is 10.1 Å². The molecule has 3 aromatic rings. The van der Waals surface area contributed by atoms with Crippen LogP contribution in [-0.2, 0) is 4.79 Å². The Hall–Kier alpha value is -2.78. The zero-order valence-corrected chi connectivity index (χ0v) is 16.0. The van der Waals surface area contributed by atoms with Crippen molar-refractivity contribution in [2.24, 2.45) is 0 Å². The van der Waals surface area contributed by atoms with Crippen LogP contribution in [0, 0.1) is 39.0 Å². The molecule has 0 unspecified atom stereocenters. The Labute approximate surface area is 156 Å². The average Bonchev–Trinajstić information content (AvgIpc) is 2.87. The van der Waals surface area contributed by atoms with Gasteiger partial charge in [-0.2, -0.15) is 5.26 Å². The molecular formula is C20H19N3O2S. The second-order valence-corrected chi connectivity index (χ2v) is 7.18. The van der Waals surface area contributed by atoms with Crippen LogP contribution in [0.1, 0.15) is 28.0 Å². The quantitative estimate of drug-likeness (QED) is 0.680. The molecule has 132 valence electrons. The summed E-state index contributed by atoms with van der Waals surface area (Å²) in [5, 5.41) is 13.8. The highest BCUT2D eigenvalue weighted by Gasteiger charge is 2.17. The Kier molecular flexibility index (Phi) is 5.01. The van der Waals surface area contributed by atoms with Gasteiger partial charge in [0.15, 0.2) is 0 Å². The van der Waals surface area contributed by atoms with Gasteiger partial charge in [-0.1, -0.05) is 30.0 Å². The molecule has 26 heavy (non-hydrogen) atoms. The molecule has 0 aliphatic rings. The Morgan fingerprint density at radius 1 is 1.27 bits per heavy atom. The number of nitrogens with zero attached hydrogens (tertiary/aromatic N) is 2. The molecule has 5 nitrogen and oxygen atoms in total. The van der Waals surface area contributed by atoms with E-state index in [0.717, 1.165) is 32.6 Å². The number of hydrogen-bond donors (Lipinski definition) is 1. The second kappa shape index (κ2) is 7.22. The zero-order valence-electron chi connectivity index (χ0n) is 15.1. The van der Waals surface area contributed by atoms with Crippen molar-refractivity contribution in [3.05, 3.63) is 52.3 Å². The smallest absolute Gasteiger partial charge is 0.237 e. The summed E-state index contributed by atoms with van der Waals surface area (Å²) in [5.74, 6) is 0.802. The molecule has 0 spiro atoms. The maximum Gasteiger partial charge on any atom is 0.237 e. The van der Waals surface area contributed by atoms with Crippen molar-refractivity contribution in [1.29, 1.82) is 5.26 Å². The van der Waals surface area contributed by atoms with Gasteiger partial charge in [0.25, 0.3) is 0 Å². The van der Waals surface area contributed by atoms with Gasteiger partial charge in [-0.3, -0.25) is 10.1 Å². The number of aryl methyl sites for hydroxylation is 3. The number of nitriles is 1. The van der Waals surface area contributed by atoms with Gasteiger partial charge in [-0.15, -0.1) is 0 Å². The van der Waals surface area contributed by atoms with E-state index in [1.54, 1.807) is 13.8 Å². The topological polar surface area (TPSA) is 78.9 Å². The number of nitrogens with one attached hydrogen (secondary N) is 1. The van der Waals surface area contributed by atoms with Gasteiger partial charge < -0.3 is 4.42 Å². The van der Waals surface area contributed by atoms with Gasteiger partial charge in [0.2, 0.25) is 11.8 Å². The van der Waals surface area contributed by atoms with Gasteiger partial charge in [-0.05, 0) is 44.9 Å². The molecular weight excluding hydrogens is 346 g/mol. The molecule has 0 fully saturated rings. The molecule has 0 radical (unpaired) electrons. The number of carbonyl (C=O) groups excluding carboxylic acids is 1. The number of para-hydroxylation sites is 1. The molecule has 1 N–H and O–H groups in total. The number of furan rings is 1. The van der Waals surface area contributed by atoms with Gasteiger partial charge in [0, 0.05) is 10.9 Å². The minimum Gasteiger partial charge on any atom is -0.444 e. The summed E-state index contributed by atoms with van der Waals surface area (Å²) < 4.78 is 5.47. The highest BCUT2D eigenvalue weighted by molar-refractivity contribution is 7.99. The lowest BCUT2D eigenvalue weighted by Gasteiger charge is -2.08. The minimum atomic E-state index is -0.232. The highest BCUT2D eigenvalue weighted by atomic mass is 32.2. The number of anilines is 1. The lowest BCUT2D eigenvalue weighted by atomic mass is 10.1. The molecule has 0 bridgehead atoms. The predicted octanol–water partition coefficient (Wildman–Crippen LogP) is 4.66. The van der Waals surface area contributed by atoms with Crippen LogP contribution in [0.3, 0.4) is 0 Å². The van der Waals surface area contributed by atoms with Crippen LogP contribution >= 0.6 is 11.8 Å². The standard InChI is InChI=1S/C20H19N3O2S/c1-11-6-5-7-15-12(2)8-18(23-19(11)15)26-10-17(24)22-20-16(9-21)13(3)14(4)25-20/h5-8H,10H2,1-4H3,(H,22,24). The van der Waals surface area contributed by atoms with E-state index >= 15 is 0 Å². The Balaban J connectivity index is 1.74. The van der Waals surface area contributed by atoms with Crippen molar-refractivity contribution >= 4 is 34.5 Å². The van der Waals surface area contributed by atoms with Crippen LogP contribution in [0.5, 0.6) is 0 Å². The third-order valence-electron chi connectivity index (χ3n) is 4.33. The summed E-state index contributed by atoms with van der Waals surface area (Å²) in [5.41, 5.74) is 4.32. The summed E-state index contributed by atoms with van der Waals surface area (Å²) in [6, 6.07) is 10.2. The molecule has 3 rings (SSSR count). The number of carbonyl (C=O) groups is 1. The van der Waals surface area contributed by atoms with Crippen LogP contribution in [0.2, 0.25) is 0 Å². The van der Waals surface area contributed by atoms with Crippen molar-refractivity contribution in [2.75, 3.05) is 11.1 Å². The molecule has 0 saturated carbocycles. The first-order valence-corrected chi connectivity index (χ1v) is 9.19. The Bertz CT molecular complexity index is 1050. The molecule has 1 amide bonds. The van der Waals surface area contributed by atoms with Gasteiger partial charge in [0.05, 0.1) is 16.3 Å². The number of hydrogen-bond acceptors (Lipinski definition) is 5. The van der Waals surface area contributed by atoms with E-state index in [0.29, 0.717) is 11.3 Å². The fraction of sp³-hybridized carbons (Fsp3) is 0.250. The van der Waals surface area contributed by atoms with Gasteiger partial charge >= 0.3 is 0 Å². The maximum absolute atomic E-state index is 12.3. The zero-order chi connectivity index (χ0) is 18.8. The van der Waals surface area contributed by atoms with Gasteiger partial charge in [-0.25, -0.2) is 4.98 Å². The van der Waals surface area contributed by atoms with Crippen molar-refractivity contribution in [1.82, 2.24) is 4.98 Å². The van der Waals surface area contributed by atoms with Crippen LogP contribution in [0.25, 0.3) is 10.9 Å². The lowest BCUT2D eigenvalue weighted by Crippen LogP contribution is -2.14. The molecule has 0 aliphatic heterocycles. The van der Waals surface area contributed by atoms with Crippen molar-refractivity contribution < 1.29 is 9.21 Å². The first kappa shape index (κ1) is 18.0. The molecule has 0 atom stereocenters. The Morgan fingerprint density at radius 3 is 2.77 bits per heavy atom. The number of pyridine rings is 1. The maximum atomic E-state index is 12.3. The van der Waals surface area contributed by atoms with E-state index in [4.69, 9.17) is 4.42 Å². The third-order valence-corrected chi connectivity index (χ3v) is 5.24. The molecule has 6 heteroatoms. The van der Waals surface area contributed by atoms with Crippen LogP contribution < -0.4 is 5.32 Å². The first-order valence-electron chi connectivity index (χ1n) is 8.20. The molecule has 2 heterocycles. The number of thioether (sulfide) groups is 1.